The first kappa shape index (κ1) is 15.9. The van der Waals surface area contributed by atoms with Gasteiger partial charge in [0.15, 0.2) is 0 Å². The Labute approximate surface area is 145 Å². The van der Waals surface area contributed by atoms with Gasteiger partial charge in [-0.2, -0.15) is 0 Å². The van der Waals surface area contributed by atoms with E-state index in [0.29, 0.717) is 29.2 Å². The van der Waals surface area contributed by atoms with E-state index in [1.165, 1.54) is 31.3 Å². The van der Waals surface area contributed by atoms with Crippen LogP contribution in [0.2, 0.25) is 0 Å². The van der Waals surface area contributed by atoms with E-state index in [4.69, 9.17) is 0 Å². The molecule has 3 atom stereocenters. The van der Waals surface area contributed by atoms with Gasteiger partial charge in [0.1, 0.15) is 0 Å². The fourth-order valence-electron chi connectivity index (χ4n) is 4.72. The first-order chi connectivity index (χ1) is 11.5. The highest BCUT2D eigenvalue weighted by atomic mass is 32.2. The van der Waals surface area contributed by atoms with Crippen LogP contribution >= 0.6 is 0 Å². The maximum absolute atomic E-state index is 13.0. The molecule has 0 amide bonds. The minimum absolute atomic E-state index is 0.355. The number of fused-ring (bicyclic) bond motifs is 2. The van der Waals surface area contributed by atoms with Gasteiger partial charge in [-0.1, -0.05) is 36.6 Å². The van der Waals surface area contributed by atoms with Crippen molar-refractivity contribution in [1.29, 1.82) is 0 Å². The smallest absolute Gasteiger partial charge is 0.263 e. The molecule has 1 aromatic rings. The Bertz CT molecular complexity index is 805. The monoisotopic (exact) mass is 343 g/mol. The summed E-state index contributed by atoms with van der Waals surface area (Å²) in [6.45, 7) is 4.87. The van der Waals surface area contributed by atoms with E-state index in [-0.39, 0.29) is 0 Å². The zero-order valence-corrected chi connectivity index (χ0v) is 15.2. The van der Waals surface area contributed by atoms with Crippen LogP contribution in [0.15, 0.2) is 52.6 Å². The largest absolute Gasteiger partial charge is 0.273 e. The van der Waals surface area contributed by atoms with Crippen LogP contribution in [0.4, 0.5) is 0 Å². The summed E-state index contributed by atoms with van der Waals surface area (Å²) in [4.78, 5) is 0.386. The van der Waals surface area contributed by atoms with Crippen molar-refractivity contribution in [2.45, 2.75) is 44.4 Å². The van der Waals surface area contributed by atoms with Crippen molar-refractivity contribution >= 4 is 10.0 Å². The maximum Gasteiger partial charge on any atom is 0.263 e. The summed E-state index contributed by atoms with van der Waals surface area (Å²) >= 11 is 0. The van der Waals surface area contributed by atoms with Crippen molar-refractivity contribution in [3.8, 4) is 0 Å². The lowest BCUT2D eigenvalue weighted by Crippen LogP contribution is -2.35. The zero-order valence-electron chi connectivity index (χ0n) is 14.4. The molecule has 4 heteroatoms. The fourth-order valence-corrected chi connectivity index (χ4v) is 6.05. The van der Waals surface area contributed by atoms with Crippen LogP contribution in [-0.2, 0) is 10.0 Å². The van der Waals surface area contributed by atoms with Crippen molar-refractivity contribution in [2.24, 2.45) is 17.8 Å². The second-order valence-corrected chi connectivity index (χ2v) is 9.39. The second-order valence-electron chi connectivity index (χ2n) is 7.50. The normalized spacial score (nSPS) is 29.6. The van der Waals surface area contributed by atoms with Gasteiger partial charge in [-0.3, -0.25) is 4.31 Å². The molecule has 0 radical (unpaired) electrons. The molecule has 0 bridgehead atoms. The number of allylic oxidation sites excluding steroid dienone is 2. The maximum atomic E-state index is 13.0. The Kier molecular flexibility index (Phi) is 3.83. The summed E-state index contributed by atoms with van der Waals surface area (Å²) in [7, 11) is -3.45. The van der Waals surface area contributed by atoms with Crippen LogP contribution < -0.4 is 0 Å². The zero-order chi connectivity index (χ0) is 16.9. The van der Waals surface area contributed by atoms with Crippen LogP contribution in [0.3, 0.4) is 0 Å². The lowest BCUT2D eigenvalue weighted by molar-refractivity contribution is 0.281. The lowest BCUT2D eigenvalue weighted by Gasteiger charge is -2.32. The highest BCUT2D eigenvalue weighted by molar-refractivity contribution is 7.89. The van der Waals surface area contributed by atoms with E-state index in [0.717, 1.165) is 5.56 Å². The molecule has 3 unspecified atom stereocenters. The molecule has 3 nitrogen and oxygen atoms in total. The number of rotatable bonds is 2. The molecule has 1 fully saturated rings. The molecule has 0 aromatic heterocycles. The molecule has 0 spiro atoms. The predicted octanol–water partition coefficient (Wildman–Crippen LogP) is 4.27. The van der Waals surface area contributed by atoms with Crippen molar-refractivity contribution < 1.29 is 8.42 Å². The number of benzene rings is 1. The molecule has 0 N–H and O–H groups in total. The minimum atomic E-state index is -3.45. The van der Waals surface area contributed by atoms with Crippen molar-refractivity contribution in [1.82, 2.24) is 4.31 Å². The van der Waals surface area contributed by atoms with Gasteiger partial charge in [0.2, 0.25) is 0 Å². The molecule has 1 aliphatic heterocycles. The molecule has 2 aliphatic carbocycles. The van der Waals surface area contributed by atoms with Crippen molar-refractivity contribution in [3.05, 3.63) is 53.3 Å². The first-order valence-corrected chi connectivity index (χ1v) is 10.4. The summed E-state index contributed by atoms with van der Waals surface area (Å²) in [5, 5.41) is 0. The van der Waals surface area contributed by atoms with Gasteiger partial charge in [-0.25, -0.2) is 8.42 Å². The van der Waals surface area contributed by atoms with Gasteiger partial charge in [0.25, 0.3) is 10.0 Å². The van der Waals surface area contributed by atoms with E-state index in [9.17, 15) is 8.42 Å². The van der Waals surface area contributed by atoms with Crippen LogP contribution in [0.25, 0.3) is 0 Å². The van der Waals surface area contributed by atoms with Gasteiger partial charge in [-0.05, 0) is 61.8 Å². The van der Waals surface area contributed by atoms with Gasteiger partial charge in [-0.15, -0.1) is 0 Å². The number of aryl methyl sites for hydroxylation is 1. The van der Waals surface area contributed by atoms with Crippen LogP contribution in [0.5, 0.6) is 0 Å². The Morgan fingerprint density at radius 2 is 1.83 bits per heavy atom. The second kappa shape index (κ2) is 5.76. The van der Waals surface area contributed by atoms with E-state index < -0.39 is 10.0 Å². The van der Waals surface area contributed by atoms with Gasteiger partial charge in [0.05, 0.1) is 4.90 Å². The molecule has 4 rings (SSSR count). The molecule has 3 aliphatic rings. The third-order valence-corrected chi connectivity index (χ3v) is 7.88. The molecule has 1 heterocycles. The average molecular weight is 343 g/mol. The molecule has 0 saturated heterocycles. The van der Waals surface area contributed by atoms with Crippen LogP contribution in [0.1, 0.15) is 38.2 Å². The molecule has 1 saturated carbocycles. The van der Waals surface area contributed by atoms with Gasteiger partial charge in [0, 0.05) is 18.7 Å². The van der Waals surface area contributed by atoms with Gasteiger partial charge >= 0.3 is 0 Å². The molecule has 24 heavy (non-hydrogen) atoms. The Morgan fingerprint density at radius 3 is 2.58 bits per heavy atom. The van der Waals surface area contributed by atoms with Crippen LogP contribution in [-0.4, -0.2) is 19.3 Å². The standard InChI is InChI=1S/C20H25NO2S/c1-14-7-9-16(10-8-14)24(22,23)21-12-11-19-18-6-4-3-5-17(18)15(2)20(19)13-21/h7-12,15,17,20H,3-6,13H2,1-2H3. The lowest BCUT2D eigenvalue weighted by atomic mass is 9.79. The summed E-state index contributed by atoms with van der Waals surface area (Å²) in [6.07, 6.45) is 8.95. The molecular formula is C20H25NO2S. The van der Waals surface area contributed by atoms with E-state index in [1.807, 2.05) is 19.1 Å². The SMILES string of the molecule is Cc1ccc(S(=O)(=O)N2C=CC3=C4CCCCC4C(C)C3C2)cc1. The number of nitrogens with zero attached hydrogens (tertiary/aromatic N) is 1. The number of sulfonamides is 1. The molecular weight excluding hydrogens is 318 g/mol. The quantitative estimate of drug-likeness (QED) is 0.804. The number of hydrogen-bond donors (Lipinski definition) is 0. The Hall–Kier alpha value is -1.55. The Balaban J connectivity index is 1.66. The summed E-state index contributed by atoms with van der Waals surface area (Å²) in [5.41, 5.74) is 4.12. The fraction of sp³-hybridized carbons (Fsp3) is 0.500. The predicted molar refractivity (Wildman–Crippen MR) is 95.8 cm³/mol. The third kappa shape index (κ3) is 2.43. The third-order valence-electron chi connectivity index (χ3n) is 6.12. The first-order valence-electron chi connectivity index (χ1n) is 8.98. The highest BCUT2D eigenvalue weighted by Crippen LogP contribution is 2.50. The van der Waals surface area contributed by atoms with Crippen LogP contribution in [0, 0.1) is 24.7 Å². The van der Waals surface area contributed by atoms with E-state index in [1.54, 1.807) is 28.2 Å². The van der Waals surface area contributed by atoms with Gasteiger partial charge < -0.3 is 0 Å². The minimum Gasteiger partial charge on any atom is -0.273 e. The molecule has 128 valence electrons. The van der Waals surface area contributed by atoms with E-state index >= 15 is 0 Å². The van der Waals surface area contributed by atoms with Crippen molar-refractivity contribution in [3.63, 3.8) is 0 Å². The Morgan fingerprint density at radius 1 is 1.08 bits per heavy atom. The van der Waals surface area contributed by atoms with Crippen molar-refractivity contribution in [2.75, 3.05) is 6.54 Å². The summed E-state index contributed by atoms with van der Waals surface area (Å²) in [6, 6.07) is 7.15. The molecule has 1 aromatic carbocycles. The average Bonchev–Trinajstić information content (AvgIpc) is 2.88. The van der Waals surface area contributed by atoms with E-state index in [2.05, 4.69) is 13.0 Å². The highest BCUT2D eigenvalue weighted by Gasteiger charge is 2.43. The topological polar surface area (TPSA) is 37.4 Å². The summed E-state index contributed by atoms with van der Waals surface area (Å²) in [5.74, 6) is 1.58. The summed E-state index contributed by atoms with van der Waals surface area (Å²) < 4.78 is 27.5. The number of hydrogen-bond acceptors (Lipinski definition) is 2.